The Bertz CT molecular complexity index is 519. The molecule has 0 saturated heterocycles. The van der Waals surface area contributed by atoms with Crippen molar-refractivity contribution < 1.29 is 9.32 Å². The van der Waals surface area contributed by atoms with Crippen LogP contribution in [0.1, 0.15) is 43.6 Å². The normalized spacial score (nSPS) is 12.3. The fourth-order valence-corrected chi connectivity index (χ4v) is 2.47. The van der Waals surface area contributed by atoms with Gasteiger partial charge in [-0.15, -0.1) is 11.3 Å². The van der Waals surface area contributed by atoms with Crippen LogP contribution < -0.4 is 5.32 Å². The molecule has 102 valence electrons. The molecule has 2 rings (SSSR count). The molecule has 2 heterocycles. The van der Waals surface area contributed by atoms with E-state index in [1.54, 1.807) is 17.4 Å². The molecule has 1 N–H and O–H groups in total. The number of carbonyl (C=O) groups is 1. The van der Waals surface area contributed by atoms with E-state index in [2.05, 4.69) is 17.4 Å². The Morgan fingerprint density at radius 2 is 2.42 bits per heavy atom. The summed E-state index contributed by atoms with van der Waals surface area (Å²) in [6.45, 7) is 4.15. The summed E-state index contributed by atoms with van der Waals surface area (Å²) >= 11 is 1.56. The van der Waals surface area contributed by atoms with Gasteiger partial charge in [-0.05, 0) is 24.8 Å². The topological polar surface area (TPSA) is 55.1 Å². The SMILES string of the molecule is CCCC[C@H](C)NC(=O)c1cc(-c2cccs2)on1. The van der Waals surface area contributed by atoms with E-state index in [0.29, 0.717) is 11.5 Å². The predicted octanol–water partition coefficient (Wildman–Crippen LogP) is 3.71. The molecule has 5 heteroatoms. The molecule has 0 spiro atoms. The number of aromatic nitrogens is 1. The summed E-state index contributed by atoms with van der Waals surface area (Å²) in [6.07, 6.45) is 3.23. The molecular formula is C14H18N2O2S. The summed E-state index contributed by atoms with van der Waals surface area (Å²) in [7, 11) is 0. The van der Waals surface area contributed by atoms with Gasteiger partial charge in [0, 0.05) is 12.1 Å². The molecule has 4 nitrogen and oxygen atoms in total. The zero-order valence-corrected chi connectivity index (χ0v) is 12.0. The fourth-order valence-electron chi connectivity index (χ4n) is 1.80. The van der Waals surface area contributed by atoms with Crippen LogP contribution in [0.25, 0.3) is 10.6 Å². The molecular weight excluding hydrogens is 260 g/mol. The fraction of sp³-hybridized carbons (Fsp3) is 0.429. The third kappa shape index (κ3) is 3.67. The van der Waals surface area contributed by atoms with Crippen molar-refractivity contribution in [2.45, 2.75) is 39.2 Å². The van der Waals surface area contributed by atoms with Gasteiger partial charge in [-0.25, -0.2) is 0 Å². The van der Waals surface area contributed by atoms with Crippen molar-refractivity contribution in [2.75, 3.05) is 0 Å². The van der Waals surface area contributed by atoms with Crippen molar-refractivity contribution >= 4 is 17.2 Å². The summed E-state index contributed by atoms with van der Waals surface area (Å²) in [5.41, 5.74) is 0.340. The van der Waals surface area contributed by atoms with Crippen LogP contribution in [0.3, 0.4) is 0 Å². The first kappa shape index (κ1) is 13.8. The van der Waals surface area contributed by atoms with Crippen molar-refractivity contribution in [3.63, 3.8) is 0 Å². The lowest BCUT2D eigenvalue weighted by Crippen LogP contribution is -2.32. The molecule has 19 heavy (non-hydrogen) atoms. The van der Waals surface area contributed by atoms with Crippen LogP contribution in [0.5, 0.6) is 0 Å². The number of amides is 1. The predicted molar refractivity (Wildman–Crippen MR) is 76.3 cm³/mol. The van der Waals surface area contributed by atoms with Gasteiger partial charge in [0.15, 0.2) is 11.5 Å². The first-order valence-corrected chi connectivity index (χ1v) is 7.40. The van der Waals surface area contributed by atoms with E-state index in [0.717, 1.165) is 24.1 Å². The standard InChI is InChI=1S/C14H18N2O2S/c1-3-4-6-10(2)15-14(17)11-9-12(18-16-11)13-7-5-8-19-13/h5,7-10H,3-4,6H2,1-2H3,(H,15,17)/t10-/m0/s1. The molecule has 1 atom stereocenters. The average molecular weight is 278 g/mol. The monoisotopic (exact) mass is 278 g/mol. The maximum absolute atomic E-state index is 12.0. The molecule has 0 radical (unpaired) electrons. The smallest absolute Gasteiger partial charge is 0.273 e. The van der Waals surface area contributed by atoms with Crippen molar-refractivity contribution in [3.05, 3.63) is 29.3 Å². The van der Waals surface area contributed by atoms with Crippen LogP contribution in [0, 0.1) is 0 Å². The van der Waals surface area contributed by atoms with Gasteiger partial charge in [-0.3, -0.25) is 4.79 Å². The molecule has 0 aliphatic carbocycles. The van der Waals surface area contributed by atoms with E-state index in [1.165, 1.54) is 0 Å². The summed E-state index contributed by atoms with van der Waals surface area (Å²) < 4.78 is 5.19. The molecule has 0 saturated carbocycles. The molecule has 0 fully saturated rings. The van der Waals surface area contributed by atoms with Crippen LogP contribution in [0.4, 0.5) is 0 Å². The molecule has 2 aromatic rings. The second-order valence-corrected chi connectivity index (χ2v) is 5.52. The van der Waals surface area contributed by atoms with Crippen LogP contribution in [-0.4, -0.2) is 17.1 Å². The number of rotatable bonds is 6. The van der Waals surface area contributed by atoms with E-state index in [9.17, 15) is 4.79 Å². The zero-order chi connectivity index (χ0) is 13.7. The van der Waals surface area contributed by atoms with Gasteiger partial charge < -0.3 is 9.84 Å². The lowest BCUT2D eigenvalue weighted by Gasteiger charge is -2.11. The summed E-state index contributed by atoms with van der Waals surface area (Å²) in [4.78, 5) is 12.9. The van der Waals surface area contributed by atoms with Crippen molar-refractivity contribution in [1.29, 1.82) is 0 Å². The van der Waals surface area contributed by atoms with Gasteiger partial charge in [0.2, 0.25) is 0 Å². The highest BCUT2D eigenvalue weighted by atomic mass is 32.1. The first-order valence-electron chi connectivity index (χ1n) is 6.52. The van der Waals surface area contributed by atoms with Crippen LogP contribution in [0.2, 0.25) is 0 Å². The van der Waals surface area contributed by atoms with E-state index in [1.807, 2.05) is 24.4 Å². The summed E-state index contributed by atoms with van der Waals surface area (Å²) in [6, 6.07) is 5.73. The maximum atomic E-state index is 12.0. The second kappa shape index (κ2) is 6.52. The number of hydrogen-bond acceptors (Lipinski definition) is 4. The van der Waals surface area contributed by atoms with Crippen molar-refractivity contribution in [1.82, 2.24) is 10.5 Å². The Kier molecular flexibility index (Phi) is 4.74. The number of thiophene rings is 1. The van der Waals surface area contributed by atoms with E-state index < -0.39 is 0 Å². The molecule has 0 aromatic carbocycles. The first-order chi connectivity index (χ1) is 9.20. The maximum Gasteiger partial charge on any atom is 0.273 e. The number of nitrogens with one attached hydrogen (secondary N) is 1. The largest absolute Gasteiger partial charge is 0.355 e. The van der Waals surface area contributed by atoms with Crippen molar-refractivity contribution in [2.24, 2.45) is 0 Å². The van der Waals surface area contributed by atoms with Gasteiger partial charge in [0.1, 0.15) is 0 Å². The molecule has 1 amide bonds. The van der Waals surface area contributed by atoms with Gasteiger partial charge in [0.25, 0.3) is 5.91 Å². The Labute approximate surface area is 116 Å². The van der Waals surface area contributed by atoms with E-state index in [-0.39, 0.29) is 11.9 Å². The third-order valence-corrected chi connectivity index (χ3v) is 3.76. The minimum absolute atomic E-state index is 0.161. The van der Waals surface area contributed by atoms with Crippen LogP contribution >= 0.6 is 11.3 Å². The highest BCUT2D eigenvalue weighted by Gasteiger charge is 2.15. The number of nitrogens with zero attached hydrogens (tertiary/aromatic N) is 1. The Hall–Kier alpha value is -1.62. The highest BCUT2D eigenvalue weighted by Crippen LogP contribution is 2.25. The Morgan fingerprint density at radius 1 is 1.58 bits per heavy atom. The quantitative estimate of drug-likeness (QED) is 0.876. The van der Waals surface area contributed by atoms with E-state index in [4.69, 9.17) is 4.52 Å². The van der Waals surface area contributed by atoms with Crippen LogP contribution in [0.15, 0.2) is 28.1 Å². The molecule has 0 aliphatic heterocycles. The Balaban J connectivity index is 1.96. The minimum Gasteiger partial charge on any atom is -0.355 e. The Morgan fingerprint density at radius 3 is 3.11 bits per heavy atom. The lowest BCUT2D eigenvalue weighted by atomic mass is 10.1. The second-order valence-electron chi connectivity index (χ2n) is 4.57. The van der Waals surface area contributed by atoms with Gasteiger partial charge in [-0.1, -0.05) is 31.0 Å². The van der Waals surface area contributed by atoms with Gasteiger partial charge >= 0.3 is 0 Å². The minimum atomic E-state index is -0.171. The number of carbonyl (C=O) groups excluding carboxylic acids is 1. The van der Waals surface area contributed by atoms with Crippen molar-refractivity contribution in [3.8, 4) is 10.6 Å². The zero-order valence-electron chi connectivity index (χ0n) is 11.2. The highest BCUT2D eigenvalue weighted by molar-refractivity contribution is 7.13. The summed E-state index contributed by atoms with van der Waals surface area (Å²) in [5.74, 6) is 0.469. The van der Waals surface area contributed by atoms with Crippen LogP contribution in [-0.2, 0) is 0 Å². The lowest BCUT2D eigenvalue weighted by molar-refractivity contribution is 0.0929. The third-order valence-electron chi connectivity index (χ3n) is 2.88. The summed E-state index contributed by atoms with van der Waals surface area (Å²) in [5, 5.41) is 8.72. The molecule has 2 aromatic heterocycles. The molecule has 0 bridgehead atoms. The average Bonchev–Trinajstić information content (AvgIpc) is 3.05. The van der Waals surface area contributed by atoms with Gasteiger partial charge in [0.05, 0.1) is 4.88 Å². The van der Waals surface area contributed by atoms with Gasteiger partial charge in [-0.2, -0.15) is 0 Å². The molecule has 0 unspecified atom stereocenters. The molecule has 0 aliphatic rings. The van der Waals surface area contributed by atoms with E-state index >= 15 is 0 Å². The number of hydrogen-bond donors (Lipinski definition) is 1. The number of unbranched alkanes of at least 4 members (excludes halogenated alkanes) is 1.